The number of benzene rings is 3. The summed E-state index contributed by atoms with van der Waals surface area (Å²) in [5.74, 6) is 0.106. The monoisotopic (exact) mass is 600 g/mol. The zero-order chi connectivity index (χ0) is 28.4. The lowest BCUT2D eigenvalue weighted by atomic mass is 10.1. The van der Waals surface area contributed by atoms with Crippen LogP contribution in [-0.2, 0) is 21.4 Å². The lowest BCUT2D eigenvalue weighted by Crippen LogP contribution is -2.34. The molecule has 1 N–H and O–H groups in total. The fraction of sp³-hybridized carbons (Fsp3) is 0.148. The summed E-state index contributed by atoms with van der Waals surface area (Å²) in [6.45, 7) is -0.226. The first-order valence-corrected chi connectivity index (χ1v) is 14.6. The minimum atomic E-state index is -4.14. The molecule has 4 aromatic rings. The molecular formula is C27H22ClFN4O5S2. The summed E-state index contributed by atoms with van der Waals surface area (Å²) in [5.41, 5.74) is 1.64. The zero-order valence-corrected chi connectivity index (χ0v) is 23.6. The van der Waals surface area contributed by atoms with Crippen molar-refractivity contribution in [1.29, 1.82) is 0 Å². The van der Waals surface area contributed by atoms with Crippen LogP contribution in [0, 0.1) is 5.82 Å². The Morgan fingerprint density at radius 1 is 1.07 bits per heavy atom. The van der Waals surface area contributed by atoms with E-state index in [4.69, 9.17) is 21.1 Å². The minimum absolute atomic E-state index is 0.0400. The van der Waals surface area contributed by atoms with Gasteiger partial charge in [0.05, 0.1) is 44.1 Å². The van der Waals surface area contributed by atoms with Crippen molar-refractivity contribution < 1.29 is 27.1 Å². The van der Waals surface area contributed by atoms with Crippen LogP contribution in [0.25, 0.3) is 11.3 Å². The standard InChI is InChI=1S/C27H22ClFN4O5S2/c1-37-22-10-8-18(12-23(22)38-2)31-25(34)15-39-27-30-13-24-26(32-27)19-11-17(28)7-9-21(19)33(40(24,35)36)14-16-5-3-4-6-20(16)29/h3-13H,14-15H2,1-2H3,(H,31,34). The predicted octanol–water partition coefficient (Wildman–Crippen LogP) is 5.39. The van der Waals surface area contributed by atoms with Gasteiger partial charge in [-0.1, -0.05) is 41.6 Å². The molecule has 1 aliphatic heterocycles. The van der Waals surface area contributed by atoms with E-state index in [1.165, 1.54) is 38.6 Å². The third-order valence-corrected chi connectivity index (χ3v) is 8.91. The first kappa shape index (κ1) is 27.7. The maximum Gasteiger partial charge on any atom is 0.268 e. The van der Waals surface area contributed by atoms with E-state index in [1.807, 2.05) is 0 Å². The van der Waals surface area contributed by atoms with Gasteiger partial charge in [0.1, 0.15) is 10.7 Å². The third kappa shape index (κ3) is 5.42. The normalized spacial score (nSPS) is 13.2. The van der Waals surface area contributed by atoms with Crippen molar-refractivity contribution in [2.24, 2.45) is 0 Å². The molecule has 2 heterocycles. The number of methoxy groups -OCH3 is 2. The van der Waals surface area contributed by atoms with Crippen LogP contribution in [0.1, 0.15) is 5.56 Å². The first-order valence-electron chi connectivity index (χ1n) is 11.8. The number of aromatic nitrogens is 2. The summed E-state index contributed by atoms with van der Waals surface area (Å²) in [7, 11) is -1.12. The summed E-state index contributed by atoms with van der Waals surface area (Å²) in [5, 5.41) is 3.34. The maximum absolute atomic E-state index is 14.4. The largest absolute Gasteiger partial charge is 0.493 e. The van der Waals surface area contributed by atoms with E-state index < -0.39 is 15.8 Å². The van der Waals surface area contributed by atoms with Gasteiger partial charge in [-0.15, -0.1) is 0 Å². The molecule has 0 saturated carbocycles. The molecule has 0 bridgehead atoms. The molecule has 13 heteroatoms. The second kappa shape index (κ2) is 11.3. The predicted molar refractivity (Wildman–Crippen MR) is 151 cm³/mol. The Morgan fingerprint density at radius 3 is 2.60 bits per heavy atom. The van der Waals surface area contributed by atoms with Gasteiger partial charge in [-0.3, -0.25) is 9.10 Å². The van der Waals surface area contributed by atoms with E-state index >= 15 is 0 Å². The number of hydrogen-bond donors (Lipinski definition) is 1. The molecule has 0 saturated heterocycles. The number of ether oxygens (including phenoxy) is 2. The topological polar surface area (TPSA) is 111 Å². The highest BCUT2D eigenvalue weighted by molar-refractivity contribution is 7.99. The number of hydrogen-bond acceptors (Lipinski definition) is 8. The minimum Gasteiger partial charge on any atom is -0.493 e. The summed E-state index contributed by atoms with van der Waals surface area (Å²) in [6.07, 6.45) is 1.20. The quantitative estimate of drug-likeness (QED) is 0.212. The summed E-state index contributed by atoms with van der Waals surface area (Å²) in [6, 6.07) is 15.7. The van der Waals surface area contributed by atoms with Crippen molar-refractivity contribution >= 4 is 50.7 Å². The van der Waals surface area contributed by atoms with Crippen LogP contribution in [0.3, 0.4) is 0 Å². The van der Waals surface area contributed by atoms with E-state index in [-0.39, 0.29) is 39.5 Å². The van der Waals surface area contributed by atoms with Crippen molar-refractivity contribution in [1.82, 2.24) is 9.97 Å². The van der Waals surface area contributed by atoms with E-state index in [2.05, 4.69) is 15.3 Å². The van der Waals surface area contributed by atoms with Crippen LogP contribution >= 0.6 is 23.4 Å². The number of sulfonamides is 1. The Kier molecular flexibility index (Phi) is 7.83. The summed E-state index contributed by atoms with van der Waals surface area (Å²) >= 11 is 7.30. The molecule has 1 amide bonds. The Labute approximate surface area is 239 Å². The number of fused-ring (bicyclic) bond motifs is 3. The van der Waals surface area contributed by atoms with Gasteiger partial charge in [-0.05, 0) is 36.4 Å². The first-order chi connectivity index (χ1) is 19.2. The van der Waals surface area contributed by atoms with Crippen molar-refractivity contribution in [3.05, 3.63) is 83.3 Å². The molecule has 3 aromatic carbocycles. The molecular weight excluding hydrogens is 579 g/mol. The summed E-state index contributed by atoms with van der Waals surface area (Å²) < 4.78 is 53.3. The zero-order valence-electron chi connectivity index (χ0n) is 21.2. The third-order valence-electron chi connectivity index (χ3n) is 6.05. The highest BCUT2D eigenvalue weighted by atomic mass is 35.5. The molecule has 0 atom stereocenters. The van der Waals surface area contributed by atoms with E-state index in [1.54, 1.807) is 42.5 Å². The van der Waals surface area contributed by atoms with Gasteiger partial charge >= 0.3 is 0 Å². The Balaban J connectivity index is 1.40. The van der Waals surface area contributed by atoms with Gasteiger partial charge in [0.25, 0.3) is 10.0 Å². The number of carbonyl (C=O) groups excluding carboxylic acids is 1. The fourth-order valence-electron chi connectivity index (χ4n) is 4.16. The van der Waals surface area contributed by atoms with E-state index in [0.717, 1.165) is 16.1 Å². The number of thioether (sulfide) groups is 1. The molecule has 40 heavy (non-hydrogen) atoms. The summed E-state index contributed by atoms with van der Waals surface area (Å²) in [4.78, 5) is 21.1. The number of anilines is 2. The number of rotatable bonds is 8. The molecule has 5 rings (SSSR count). The molecule has 0 spiro atoms. The van der Waals surface area contributed by atoms with Crippen LogP contribution in [0.5, 0.6) is 11.5 Å². The SMILES string of the molecule is COc1ccc(NC(=O)CSc2ncc3c(n2)-c2cc(Cl)ccc2N(Cc2ccccc2F)S3(=O)=O)cc1OC. The van der Waals surface area contributed by atoms with Crippen LogP contribution in [-0.4, -0.2) is 44.3 Å². The van der Waals surface area contributed by atoms with Gasteiger partial charge in [0, 0.05) is 27.9 Å². The molecule has 206 valence electrons. The molecule has 0 radical (unpaired) electrons. The van der Waals surface area contributed by atoms with Crippen LogP contribution in [0.2, 0.25) is 5.02 Å². The van der Waals surface area contributed by atoms with Gasteiger partial charge in [0.2, 0.25) is 5.91 Å². The Bertz CT molecular complexity index is 1720. The molecule has 9 nitrogen and oxygen atoms in total. The molecule has 1 aliphatic rings. The van der Waals surface area contributed by atoms with E-state index in [0.29, 0.717) is 33.5 Å². The molecule has 0 unspecified atom stereocenters. The smallest absolute Gasteiger partial charge is 0.268 e. The van der Waals surface area contributed by atoms with Crippen LogP contribution < -0.4 is 19.1 Å². The second-order valence-electron chi connectivity index (χ2n) is 8.54. The van der Waals surface area contributed by atoms with Crippen LogP contribution in [0.15, 0.2) is 76.9 Å². The van der Waals surface area contributed by atoms with Crippen molar-refractivity contribution in [3.8, 4) is 22.8 Å². The Hall–Kier alpha value is -3.87. The van der Waals surface area contributed by atoms with Gasteiger partial charge in [-0.2, -0.15) is 0 Å². The lowest BCUT2D eigenvalue weighted by molar-refractivity contribution is -0.113. The van der Waals surface area contributed by atoms with Gasteiger partial charge in [0.15, 0.2) is 16.7 Å². The average molecular weight is 601 g/mol. The maximum atomic E-state index is 14.4. The van der Waals surface area contributed by atoms with Gasteiger partial charge in [-0.25, -0.2) is 22.8 Å². The molecule has 1 aromatic heterocycles. The Morgan fingerprint density at radius 2 is 1.85 bits per heavy atom. The van der Waals surface area contributed by atoms with Crippen molar-refractivity contribution in [2.75, 3.05) is 29.6 Å². The fourth-order valence-corrected chi connectivity index (χ4v) is 6.50. The van der Waals surface area contributed by atoms with Crippen molar-refractivity contribution in [3.63, 3.8) is 0 Å². The number of carbonyl (C=O) groups is 1. The molecule has 0 aliphatic carbocycles. The number of nitrogens with one attached hydrogen (secondary N) is 1. The average Bonchev–Trinajstić information content (AvgIpc) is 2.95. The number of amides is 1. The van der Waals surface area contributed by atoms with Gasteiger partial charge < -0.3 is 14.8 Å². The highest BCUT2D eigenvalue weighted by Crippen LogP contribution is 2.44. The second-order valence-corrected chi connectivity index (χ2v) is 11.7. The molecule has 0 fully saturated rings. The van der Waals surface area contributed by atoms with E-state index in [9.17, 15) is 17.6 Å². The van der Waals surface area contributed by atoms with Crippen LogP contribution in [0.4, 0.5) is 15.8 Å². The number of halogens is 2. The lowest BCUT2D eigenvalue weighted by Gasteiger charge is -2.31. The number of nitrogens with zero attached hydrogens (tertiary/aromatic N) is 3. The van der Waals surface area contributed by atoms with Crippen molar-refractivity contribution in [2.45, 2.75) is 16.6 Å². The highest BCUT2D eigenvalue weighted by Gasteiger charge is 2.37.